The minimum atomic E-state index is 0.710. The second-order valence-corrected chi connectivity index (χ2v) is 3.56. The first-order valence-corrected chi connectivity index (χ1v) is 5.17. The van der Waals surface area contributed by atoms with Gasteiger partial charge in [-0.25, -0.2) is 0 Å². The lowest BCUT2D eigenvalue weighted by molar-refractivity contribution is -0.0641. The van der Waals surface area contributed by atoms with Crippen LogP contribution >= 0.6 is 11.6 Å². The SMILES string of the molecule is C=CN/C(=C\N(C)OC)c1ccc(Cl)cc1. The molecule has 3 nitrogen and oxygen atoms in total. The van der Waals surface area contributed by atoms with E-state index >= 15 is 0 Å². The summed E-state index contributed by atoms with van der Waals surface area (Å²) in [4.78, 5) is 5.03. The molecule has 1 N–H and O–H groups in total. The monoisotopic (exact) mass is 238 g/mol. The van der Waals surface area contributed by atoms with E-state index in [1.807, 2.05) is 30.5 Å². The first-order chi connectivity index (χ1) is 7.67. The number of hydroxylamine groups is 2. The molecule has 0 atom stereocenters. The second-order valence-electron chi connectivity index (χ2n) is 3.13. The third-order valence-corrected chi connectivity index (χ3v) is 2.26. The van der Waals surface area contributed by atoms with Gasteiger partial charge in [0.2, 0.25) is 0 Å². The van der Waals surface area contributed by atoms with Crippen molar-refractivity contribution in [3.05, 3.63) is 53.8 Å². The van der Waals surface area contributed by atoms with Gasteiger partial charge in [0.05, 0.1) is 19.0 Å². The first kappa shape index (κ1) is 12.6. The lowest BCUT2D eigenvalue weighted by Crippen LogP contribution is -2.13. The summed E-state index contributed by atoms with van der Waals surface area (Å²) in [7, 11) is 3.41. The molecule has 1 aromatic carbocycles. The van der Waals surface area contributed by atoms with E-state index in [0.29, 0.717) is 5.02 Å². The maximum atomic E-state index is 5.83. The molecule has 0 aliphatic heterocycles. The molecule has 0 aliphatic carbocycles. The zero-order valence-corrected chi connectivity index (χ0v) is 10.2. The van der Waals surface area contributed by atoms with Crippen LogP contribution in [0.15, 0.2) is 43.2 Å². The van der Waals surface area contributed by atoms with Crippen molar-refractivity contribution in [2.45, 2.75) is 0 Å². The molecular formula is C12H15ClN2O. The van der Waals surface area contributed by atoms with E-state index in [2.05, 4.69) is 11.9 Å². The topological polar surface area (TPSA) is 24.5 Å². The van der Waals surface area contributed by atoms with E-state index in [1.54, 1.807) is 25.4 Å². The number of halogens is 1. The molecule has 0 bridgehead atoms. The Hall–Kier alpha value is -1.45. The van der Waals surface area contributed by atoms with Crippen LogP contribution < -0.4 is 5.32 Å². The van der Waals surface area contributed by atoms with Crippen LogP contribution in [0.5, 0.6) is 0 Å². The Bertz CT molecular complexity index is 373. The Balaban J connectivity index is 2.97. The number of nitrogens with one attached hydrogen (secondary N) is 1. The quantitative estimate of drug-likeness (QED) is 0.799. The van der Waals surface area contributed by atoms with Gasteiger partial charge >= 0.3 is 0 Å². The maximum Gasteiger partial charge on any atom is 0.0639 e. The normalized spacial score (nSPS) is 11.1. The van der Waals surface area contributed by atoms with E-state index in [1.165, 1.54) is 0 Å². The second kappa shape index (κ2) is 6.20. The fourth-order valence-electron chi connectivity index (χ4n) is 1.17. The predicted molar refractivity (Wildman–Crippen MR) is 67.5 cm³/mol. The van der Waals surface area contributed by atoms with Crippen LogP contribution in [0.4, 0.5) is 0 Å². The molecule has 0 amide bonds. The van der Waals surface area contributed by atoms with Gasteiger partial charge in [-0.1, -0.05) is 30.3 Å². The van der Waals surface area contributed by atoms with Crippen molar-refractivity contribution < 1.29 is 4.84 Å². The van der Waals surface area contributed by atoms with Crippen molar-refractivity contribution in [3.8, 4) is 0 Å². The Kier molecular flexibility index (Phi) is 4.89. The van der Waals surface area contributed by atoms with Gasteiger partial charge in [0.15, 0.2) is 0 Å². The molecule has 0 fully saturated rings. The third kappa shape index (κ3) is 3.61. The Morgan fingerprint density at radius 1 is 1.44 bits per heavy atom. The van der Waals surface area contributed by atoms with E-state index < -0.39 is 0 Å². The summed E-state index contributed by atoms with van der Waals surface area (Å²) in [6.45, 7) is 3.64. The molecule has 0 aromatic heterocycles. The van der Waals surface area contributed by atoms with Gasteiger partial charge in [-0.15, -0.1) is 0 Å². The highest BCUT2D eigenvalue weighted by molar-refractivity contribution is 6.30. The van der Waals surface area contributed by atoms with Crippen LogP contribution in [0.2, 0.25) is 5.02 Å². The minimum absolute atomic E-state index is 0.710. The van der Waals surface area contributed by atoms with Gasteiger partial charge in [-0.2, -0.15) is 0 Å². The van der Waals surface area contributed by atoms with Crippen LogP contribution in [0.3, 0.4) is 0 Å². The van der Waals surface area contributed by atoms with E-state index in [0.717, 1.165) is 11.3 Å². The number of hydrogen-bond acceptors (Lipinski definition) is 3. The van der Waals surface area contributed by atoms with E-state index in [-0.39, 0.29) is 0 Å². The molecule has 0 spiro atoms. The van der Waals surface area contributed by atoms with Crippen molar-refractivity contribution in [2.24, 2.45) is 0 Å². The number of hydrogen-bond donors (Lipinski definition) is 1. The summed E-state index contributed by atoms with van der Waals surface area (Å²) >= 11 is 5.83. The molecule has 1 aromatic rings. The van der Waals surface area contributed by atoms with Gasteiger partial charge in [-0.3, -0.25) is 9.90 Å². The average molecular weight is 239 g/mol. The molecule has 0 saturated carbocycles. The van der Waals surface area contributed by atoms with Crippen molar-refractivity contribution in [1.82, 2.24) is 10.4 Å². The highest BCUT2D eigenvalue weighted by atomic mass is 35.5. The molecule has 0 unspecified atom stereocenters. The molecule has 0 radical (unpaired) electrons. The number of benzene rings is 1. The Labute approximate surface area is 101 Å². The maximum absolute atomic E-state index is 5.83. The molecule has 1 rings (SSSR count). The van der Waals surface area contributed by atoms with Gasteiger partial charge in [0.25, 0.3) is 0 Å². The van der Waals surface area contributed by atoms with Crippen LogP contribution in [0.1, 0.15) is 5.56 Å². The summed E-state index contributed by atoms with van der Waals surface area (Å²) in [5.41, 5.74) is 1.89. The molecule has 16 heavy (non-hydrogen) atoms. The molecule has 86 valence electrons. The lowest BCUT2D eigenvalue weighted by atomic mass is 10.2. The highest BCUT2D eigenvalue weighted by Gasteiger charge is 2.01. The fourth-order valence-corrected chi connectivity index (χ4v) is 1.30. The smallest absolute Gasteiger partial charge is 0.0639 e. The van der Waals surface area contributed by atoms with Gasteiger partial charge in [-0.05, 0) is 23.9 Å². The summed E-state index contributed by atoms with van der Waals surface area (Å²) in [6.07, 6.45) is 3.44. The van der Waals surface area contributed by atoms with Crippen LogP contribution in [-0.4, -0.2) is 19.2 Å². The largest absolute Gasteiger partial charge is 0.361 e. The highest BCUT2D eigenvalue weighted by Crippen LogP contribution is 2.16. The third-order valence-electron chi connectivity index (χ3n) is 2.01. The Morgan fingerprint density at radius 2 is 2.06 bits per heavy atom. The van der Waals surface area contributed by atoms with Gasteiger partial charge in [0, 0.05) is 12.1 Å². The minimum Gasteiger partial charge on any atom is -0.361 e. The summed E-state index contributed by atoms with van der Waals surface area (Å²) < 4.78 is 0. The first-order valence-electron chi connectivity index (χ1n) is 4.79. The zero-order valence-electron chi connectivity index (χ0n) is 9.40. The van der Waals surface area contributed by atoms with Crippen LogP contribution in [0, 0.1) is 0 Å². The molecular weight excluding hydrogens is 224 g/mol. The number of rotatable bonds is 5. The van der Waals surface area contributed by atoms with Crippen molar-refractivity contribution in [2.75, 3.05) is 14.2 Å². The average Bonchev–Trinajstić information content (AvgIpc) is 2.29. The predicted octanol–water partition coefficient (Wildman–Crippen LogP) is 2.86. The summed E-state index contributed by atoms with van der Waals surface area (Å²) in [5, 5.41) is 5.35. The summed E-state index contributed by atoms with van der Waals surface area (Å²) in [5.74, 6) is 0. The standard InChI is InChI=1S/C12H15ClN2O/c1-4-14-12(9-15(2)16-3)10-5-7-11(13)8-6-10/h4-9,14H,1H2,2-3H3/b12-9-. The van der Waals surface area contributed by atoms with Crippen molar-refractivity contribution in [1.29, 1.82) is 0 Å². The van der Waals surface area contributed by atoms with Gasteiger partial charge in [0.1, 0.15) is 0 Å². The molecule has 0 saturated heterocycles. The van der Waals surface area contributed by atoms with Gasteiger partial charge < -0.3 is 5.32 Å². The van der Waals surface area contributed by atoms with Crippen LogP contribution in [-0.2, 0) is 4.84 Å². The van der Waals surface area contributed by atoms with E-state index in [9.17, 15) is 0 Å². The fraction of sp³-hybridized carbons (Fsp3) is 0.167. The number of nitrogens with zero attached hydrogens (tertiary/aromatic N) is 1. The molecule has 0 aliphatic rings. The van der Waals surface area contributed by atoms with Crippen LogP contribution in [0.25, 0.3) is 5.70 Å². The van der Waals surface area contributed by atoms with Crippen molar-refractivity contribution in [3.63, 3.8) is 0 Å². The zero-order chi connectivity index (χ0) is 12.0. The molecule has 0 heterocycles. The Morgan fingerprint density at radius 3 is 2.56 bits per heavy atom. The molecule has 4 heteroatoms. The lowest BCUT2D eigenvalue weighted by Gasteiger charge is -2.14. The van der Waals surface area contributed by atoms with Crippen molar-refractivity contribution >= 4 is 17.3 Å². The van der Waals surface area contributed by atoms with E-state index in [4.69, 9.17) is 16.4 Å². The summed E-state index contributed by atoms with van der Waals surface area (Å²) in [6, 6.07) is 7.52.